The zero-order valence-electron chi connectivity index (χ0n) is 5.24. The van der Waals surface area contributed by atoms with Crippen LogP contribution in [0.25, 0.3) is 0 Å². The van der Waals surface area contributed by atoms with Crippen LogP contribution in [0.15, 0.2) is 4.99 Å². The van der Waals surface area contributed by atoms with E-state index in [1.807, 2.05) is 0 Å². The molecule has 3 N–H and O–H groups in total. The number of hydrogen-bond acceptors (Lipinski definition) is 3. The lowest BCUT2D eigenvalue weighted by atomic mass is 10.3. The monoisotopic (exact) mass is 130 g/mol. The van der Waals surface area contributed by atoms with Gasteiger partial charge in [-0.3, -0.25) is 9.79 Å². The maximum absolute atomic E-state index is 10.0. The number of hydrogen-bond donors (Lipinski definition) is 2. The van der Waals surface area contributed by atoms with Crippen molar-refractivity contribution >= 4 is 12.2 Å². The molecule has 0 aromatic carbocycles. The second-order valence-corrected chi connectivity index (χ2v) is 1.57. The maximum Gasteiger partial charge on any atom is 0.322 e. The Balaban J connectivity index is 3.50. The summed E-state index contributed by atoms with van der Waals surface area (Å²) in [5.74, 6) is -1.01. The number of aliphatic imine (C=N–C) groups is 1. The van der Waals surface area contributed by atoms with Gasteiger partial charge in [0.15, 0.2) is 0 Å². The number of nitrogens with zero attached hydrogens (tertiary/aromatic N) is 1. The molecule has 0 aliphatic carbocycles. The number of carboxylic acids is 1. The van der Waals surface area contributed by atoms with Crippen molar-refractivity contribution in [2.75, 3.05) is 6.54 Å². The molecule has 0 aromatic rings. The fourth-order valence-electron chi connectivity index (χ4n) is 0.297. The number of nitrogens with two attached hydrogens (primary N) is 1. The van der Waals surface area contributed by atoms with E-state index in [2.05, 4.69) is 4.99 Å². The zero-order chi connectivity index (χ0) is 7.28. The Morgan fingerprint density at radius 1 is 2.00 bits per heavy atom. The standard InChI is InChI=1S/C5H10N2O2/c1-2-7-3-4(6)5(8)9/h2,4H,3,6H2,1H3,(H,8,9). The SMILES string of the molecule is CC=NCC(N)C(=O)O. The van der Waals surface area contributed by atoms with Gasteiger partial charge in [0.05, 0.1) is 6.54 Å². The molecule has 0 fully saturated rings. The average Bonchev–Trinajstić information content (AvgIpc) is 1.82. The Kier molecular flexibility index (Phi) is 3.62. The van der Waals surface area contributed by atoms with Crippen molar-refractivity contribution in [1.82, 2.24) is 0 Å². The van der Waals surface area contributed by atoms with Crippen LogP contribution < -0.4 is 5.73 Å². The van der Waals surface area contributed by atoms with Crippen molar-refractivity contribution in [1.29, 1.82) is 0 Å². The van der Waals surface area contributed by atoms with E-state index in [1.165, 1.54) is 6.21 Å². The number of aliphatic carboxylic acids is 1. The molecule has 1 unspecified atom stereocenters. The van der Waals surface area contributed by atoms with Crippen LogP contribution in [0, 0.1) is 0 Å². The predicted octanol–water partition coefficient (Wildman–Crippen LogP) is -0.511. The molecule has 0 amide bonds. The van der Waals surface area contributed by atoms with Crippen LogP contribution in [-0.2, 0) is 4.79 Å². The van der Waals surface area contributed by atoms with Gasteiger partial charge in [-0.2, -0.15) is 0 Å². The molecule has 0 rings (SSSR count). The van der Waals surface area contributed by atoms with E-state index in [1.54, 1.807) is 6.92 Å². The molecule has 0 aliphatic rings. The smallest absolute Gasteiger partial charge is 0.322 e. The first-order valence-electron chi connectivity index (χ1n) is 2.61. The molecule has 0 saturated heterocycles. The third-order valence-corrected chi connectivity index (χ3v) is 0.802. The number of rotatable bonds is 3. The predicted molar refractivity (Wildman–Crippen MR) is 34.6 cm³/mol. The highest BCUT2D eigenvalue weighted by atomic mass is 16.4. The van der Waals surface area contributed by atoms with Crippen molar-refractivity contribution in [2.24, 2.45) is 10.7 Å². The maximum atomic E-state index is 10.0. The molecule has 4 heteroatoms. The van der Waals surface area contributed by atoms with Gasteiger partial charge in [0, 0.05) is 0 Å². The van der Waals surface area contributed by atoms with Gasteiger partial charge in [0.1, 0.15) is 6.04 Å². The minimum Gasteiger partial charge on any atom is -0.480 e. The first-order chi connectivity index (χ1) is 4.18. The van der Waals surface area contributed by atoms with Gasteiger partial charge in [-0.15, -0.1) is 0 Å². The minimum atomic E-state index is -1.01. The molecule has 52 valence electrons. The molecule has 0 spiro atoms. The highest BCUT2D eigenvalue weighted by molar-refractivity contribution is 5.73. The van der Waals surface area contributed by atoms with Crippen LogP contribution in [-0.4, -0.2) is 29.9 Å². The van der Waals surface area contributed by atoms with Crippen molar-refractivity contribution in [3.63, 3.8) is 0 Å². The van der Waals surface area contributed by atoms with E-state index in [-0.39, 0.29) is 6.54 Å². The Labute approximate surface area is 53.4 Å². The molecule has 0 heterocycles. The van der Waals surface area contributed by atoms with E-state index >= 15 is 0 Å². The van der Waals surface area contributed by atoms with Gasteiger partial charge >= 0.3 is 5.97 Å². The minimum absolute atomic E-state index is 0.159. The molecular formula is C5H10N2O2. The van der Waals surface area contributed by atoms with Crippen molar-refractivity contribution in [2.45, 2.75) is 13.0 Å². The summed E-state index contributed by atoms with van der Waals surface area (Å²) in [4.78, 5) is 13.7. The normalized spacial score (nSPS) is 14.0. The second kappa shape index (κ2) is 4.03. The third kappa shape index (κ3) is 3.66. The Hall–Kier alpha value is -0.900. The Morgan fingerprint density at radius 3 is 2.89 bits per heavy atom. The van der Waals surface area contributed by atoms with Gasteiger partial charge in [0.2, 0.25) is 0 Å². The van der Waals surface area contributed by atoms with Gasteiger partial charge in [-0.05, 0) is 13.1 Å². The second-order valence-electron chi connectivity index (χ2n) is 1.57. The molecular weight excluding hydrogens is 120 g/mol. The fraction of sp³-hybridized carbons (Fsp3) is 0.600. The van der Waals surface area contributed by atoms with E-state index < -0.39 is 12.0 Å². The largest absolute Gasteiger partial charge is 0.480 e. The van der Waals surface area contributed by atoms with E-state index in [4.69, 9.17) is 10.8 Å². The molecule has 0 bridgehead atoms. The third-order valence-electron chi connectivity index (χ3n) is 0.802. The lowest BCUT2D eigenvalue weighted by molar-refractivity contribution is -0.138. The molecule has 0 aromatic heterocycles. The lowest BCUT2D eigenvalue weighted by Gasteiger charge is -1.98. The van der Waals surface area contributed by atoms with Crippen LogP contribution in [0.2, 0.25) is 0 Å². The molecule has 4 nitrogen and oxygen atoms in total. The van der Waals surface area contributed by atoms with Gasteiger partial charge in [-0.1, -0.05) is 0 Å². The summed E-state index contributed by atoms with van der Waals surface area (Å²) >= 11 is 0. The van der Waals surface area contributed by atoms with Gasteiger partial charge in [-0.25, -0.2) is 0 Å². The molecule has 0 radical (unpaired) electrons. The summed E-state index contributed by atoms with van der Waals surface area (Å²) in [6.45, 7) is 1.88. The lowest BCUT2D eigenvalue weighted by Crippen LogP contribution is -2.32. The summed E-state index contributed by atoms with van der Waals surface area (Å²) in [6.07, 6.45) is 1.53. The van der Waals surface area contributed by atoms with Crippen LogP contribution in [0.4, 0.5) is 0 Å². The fourth-order valence-corrected chi connectivity index (χ4v) is 0.297. The zero-order valence-corrected chi connectivity index (χ0v) is 5.24. The summed E-state index contributed by atoms with van der Waals surface area (Å²) in [6, 6.07) is -0.860. The first kappa shape index (κ1) is 8.10. The van der Waals surface area contributed by atoms with Gasteiger partial charge in [0.25, 0.3) is 0 Å². The highest BCUT2D eigenvalue weighted by Crippen LogP contribution is 1.78. The molecule has 9 heavy (non-hydrogen) atoms. The van der Waals surface area contributed by atoms with E-state index in [0.29, 0.717) is 0 Å². The Morgan fingerprint density at radius 2 is 2.56 bits per heavy atom. The first-order valence-corrected chi connectivity index (χ1v) is 2.61. The van der Waals surface area contributed by atoms with Crippen LogP contribution in [0.3, 0.4) is 0 Å². The average molecular weight is 130 g/mol. The van der Waals surface area contributed by atoms with Crippen LogP contribution in [0.1, 0.15) is 6.92 Å². The van der Waals surface area contributed by atoms with Crippen LogP contribution in [0.5, 0.6) is 0 Å². The van der Waals surface area contributed by atoms with Crippen LogP contribution >= 0.6 is 0 Å². The molecule has 0 aliphatic heterocycles. The summed E-state index contributed by atoms with van der Waals surface area (Å²) < 4.78 is 0. The van der Waals surface area contributed by atoms with Crippen molar-refractivity contribution in [3.8, 4) is 0 Å². The molecule has 1 atom stereocenters. The van der Waals surface area contributed by atoms with Crippen molar-refractivity contribution in [3.05, 3.63) is 0 Å². The van der Waals surface area contributed by atoms with E-state index in [9.17, 15) is 4.79 Å². The summed E-state index contributed by atoms with van der Waals surface area (Å²) in [7, 11) is 0. The quantitative estimate of drug-likeness (QED) is 0.505. The number of carbonyl (C=O) groups is 1. The molecule has 0 saturated carbocycles. The number of carboxylic acid groups (broad SMARTS) is 1. The van der Waals surface area contributed by atoms with Crippen molar-refractivity contribution < 1.29 is 9.90 Å². The highest BCUT2D eigenvalue weighted by Gasteiger charge is 2.08. The summed E-state index contributed by atoms with van der Waals surface area (Å²) in [5.41, 5.74) is 5.09. The van der Waals surface area contributed by atoms with Gasteiger partial charge < -0.3 is 10.8 Å². The Bertz CT molecular complexity index is 122. The summed E-state index contributed by atoms with van der Waals surface area (Å²) in [5, 5.41) is 8.21. The van der Waals surface area contributed by atoms with E-state index in [0.717, 1.165) is 0 Å². The topological polar surface area (TPSA) is 75.7 Å².